The molecule has 0 spiro atoms. The van der Waals surface area contributed by atoms with Crippen LogP contribution >= 0.6 is 0 Å². The molecule has 4 nitrogen and oxygen atoms in total. The molecule has 0 bridgehead atoms. The molecule has 0 atom stereocenters. The van der Waals surface area contributed by atoms with Crippen molar-refractivity contribution in [2.24, 2.45) is 0 Å². The van der Waals surface area contributed by atoms with Gasteiger partial charge in [0.2, 0.25) is 0 Å². The minimum atomic E-state index is -0.436. The molecule has 0 radical (unpaired) electrons. The summed E-state index contributed by atoms with van der Waals surface area (Å²) in [6.45, 7) is 0. The zero-order valence-electron chi connectivity index (χ0n) is 14.3. The molecule has 0 saturated heterocycles. The first-order valence-electron chi connectivity index (χ1n) is 8.37. The number of aromatic nitrogens is 1. The maximum absolute atomic E-state index is 12.7. The molecule has 2 heterocycles. The third-order valence-electron chi connectivity index (χ3n) is 4.61. The quantitative estimate of drug-likeness (QED) is 0.410. The number of nitrogens with zero attached hydrogens (tertiary/aromatic N) is 1. The van der Waals surface area contributed by atoms with Crippen LogP contribution in [0.4, 0.5) is 0 Å². The molecule has 0 saturated carbocycles. The number of hydrogen-bond donors (Lipinski definition) is 0. The van der Waals surface area contributed by atoms with Gasteiger partial charge in [0.15, 0.2) is 5.78 Å². The minimum Gasteiger partial charge on any atom is -0.465 e. The third kappa shape index (κ3) is 2.65. The molecule has 2 aromatic carbocycles. The van der Waals surface area contributed by atoms with Crippen LogP contribution in [0.2, 0.25) is 0 Å². The van der Waals surface area contributed by atoms with Crippen molar-refractivity contribution in [3.63, 3.8) is 0 Å². The SMILES string of the molecule is COC(=O)c1cc2c3ccccc3ccn2c1CC(=O)c1ccccc1. The van der Waals surface area contributed by atoms with Gasteiger partial charge in [-0.3, -0.25) is 4.79 Å². The van der Waals surface area contributed by atoms with Gasteiger partial charge in [-0.2, -0.15) is 0 Å². The molecule has 0 unspecified atom stereocenters. The molecule has 2 aromatic heterocycles. The van der Waals surface area contributed by atoms with Gasteiger partial charge in [0.1, 0.15) is 0 Å². The number of ether oxygens (including phenoxy) is 1. The van der Waals surface area contributed by atoms with E-state index in [-0.39, 0.29) is 12.2 Å². The fraction of sp³-hybridized carbons (Fsp3) is 0.0909. The highest BCUT2D eigenvalue weighted by Crippen LogP contribution is 2.26. The van der Waals surface area contributed by atoms with E-state index in [1.165, 1.54) is 7.11 Å². The maximum Gasteiger partial charge on any atom is 0.339 e. The van der Waals surface area contributed by atoms with Gasteiger partial charge in [0, 0.05) is 22.8 Å². The van der Waals surface area contributed by atoms with Gasteiger partial charge in [-0.15, -0.1) is 0 Å². The van der Waals surface area contributed by atoms with E-state index in [1.807, 2.05) is 65.2 Å². The largest absolute Gasteiger partial charge is 0.465 e. The van der Waals surface area contributed by atoms with Crippen molar-refractivity contribution in [1.82, 2.24) is 4.40 Å². The van der Waals surface area contributed by atoms with E-state index < -0.39 is 5.97 Å². The molecule has 4 rings (SSSR count). The molecule has 128 valence electrons. The number of Topliss-reactive ketones (excluding diaryl/α,β-unsaturated/α-hetero) is 1. The molecule has 26 heavy (non-hydrogen) atoms. The van der Waals surface area contributed by atoms with Crippen molar-refractivity contribution < 1.29 is 14.3 Å². The van der Waals surface area contributed by atoms with Crippen LogP contribution in [0.5, 0.6) is 0 Å². The minimum absolute atomic E-state index is 0.0380. The van der Waals surface area contributed by atoms with Gasteiger partial charge >= 0.3 is 5.97 Å². The second kappa shape index (κ2) is 6.48. The number of esters is 1. The number of carbonyl (C=O) groups excluding carboxylic acids is 2. The first kappa shape index (κ1) is 16.1. The first-order valence-corrected chi connectivity index (χ1v) is 8.37. The number of fused-ring (bicyclic) bond motifs is 3. The van der Waals surface area contributed by atoms with Crippen LogP contribution < -0.4 is 0 Å². The van der Waals surface area contributed by atoms with Crippen LogP contribution in [0.15, 0.2) is 72.9 Å². The number of ketones is 1. The average Bonchev–Trinajstić information content (AvgIpc) is 3.07. The van der Waals surface area contributed by atoms with Crippen molar-refractivity contribution in [1.29, 1.82) is 0 Å². The molecular formula is C22H17NO3. The van der Waals surface area contributed by atoms with Crippen LogP contribution in [0.25, 0.3) is 16.3 Å². The lowest BCUT2D eigenvalue weighted by atomic mass is 10.0. The van der Waals surface area contributed by atoms with Gasteiger partial charge in [0.25, 0.3) is 0 Å². The highest BCUT2D eigenvalue weighted by atomic mass is 16.5. The van der Waals surface area contributed by atoms with Crippen LogP contribution in [-0.4, -0.2) is 23.3 Å². The smallest absolute Gasteiger partial charge is 0.339 e. The molecule has 0 amide bonds. The molecular weight excluding hydrogens is 326 g/mol. The zero-order valence-corrected chi connectivity index (χ0v) is 14.3. The summed E-state index contributed by atoms with van der Waals surface area (Å²) in [5, 5.41) is 2.11. The van der Waals surface area contributed by atoms with Crippen LogP contribution in [0.1, 0.15) is 26.4 Å². The Kier molecular flexibility index (Phi) is 4.01. The summed E-state index contributed by atoms with van der Waals surface area (Å²) in [6.07, 6.45) is 2.03. The molecule has 0 fully saturated rings. The summed E-state index contributed by atoms with van der Waals surface area (Å²) >= 11 is 0. The Morgan fingerprint density at radius 3 is 2.46 bits per heavy atom. The number of pyridine rings is 1. The summed E-state index contributed by atoms with van der Waals surface area (Å²) in [6, 6.07) is 20.9. The number of benzene rings is 2. The second-order valence-corrected chi connectivity index (χ2v) is 6.12. The predicted octanol–water partition coefficient (Wildman–Crippen LogP) is 4.30. The van der Waals surface area contributed by atoms with E-state index in [4.69, 9.17) is 4.74 Å². The number of hydrogen-bond acceptors (Lipinski definition) is 3. The first-order chi connectivity index (χ1) is 12.7. The Bertz CT molecular complexity index is 1130. The van der Waals surface area contributed by atoms with E-state index in [0.29, 0.717) is 16.8 Å². The van der Waals surface area contributed by atoms with E-state index in [2.05, 4.69) is 0 Å². The lowest BCUT2D eigenvalue weighted by Crippen LogP contribution is -2.11. The van der Waals surface area contributed by atoms with Gasteiger partial charge in [-0.05, 0) is 17.5 Å². The summed E-state index contributed by atoms with van der Waals surface area (Å²) in [7, 11) is 1.35. The lowest BCUT2D eigenvalue weighted by molar-refractivity contribution is 0.0600. The van der Waals surface area contributed by atoms with Crippen LogP contribution in [0, 0.1) is 0 Å². The Hall–Kier alpha value is -3.40. The van der Waals surface area contributed by atoms with E-state index >= 15 is 0 Å². The van der Waals surface area contributed by atoms with Crippen molar-refractivity contribution >= 4 is 28.0 Å². The van der Waals surface area contributed by atoms with Crippen molar-refractivity contribution in [3.8, 4) is 0 Å². The van der Waals surface area contributed by atoms with Crippen molar-refractivity contribution in [3.05, 3.63) is 89.7 Å². The topological polar surface area (TPSA) is 47.8 Å². The summed E-state index contributed by atoms with van der Waals surface area (Å²) in [4.78, 5) is 25.0. The fourth-order valence-corrected chi connectivity index (χ4v) is 3.32. The Morgan fingerprint density at radius 2 is 1.69 bits per heavy atom. The second-order valence-electron chi connectivity index (χ2n) is 6.12. The monoisotopic (exact) mass is 343 g/mol. The van der Waals surface area contributed by atoms with Crippen molar-refractivity contribution in [2.45, 2.75) is 6.42 Å². The summed E-state index contributed by atoms with van der Waals surface area (Å²) in [5.74, 6) is -0.474. The van der Waals surface area contributed by atoms with E-state index in [0.717, 1.165) is 16.3 Å². The summed E-state index contributed by atoms with van der Waals surface area (Å²) < 4.78 is 6.85. The van der Waals surface area contributed by atoms with E-state index in [9.17, 15) is 9.59 Å². The maximum atomic E-state index is 12.7. The van der Waals surface area contributed by atoms with Crippen LogP contribution in [0.3, 0.4) is 0 Å². The Morgan fingerprint density at radius 1 is 0.962 bits per heavy atom. The van der Waals surface area contributed by atoms with Crippen LogP contribution in [-0.2, 0) is 11.2 Å². The highest BCUT2D eigenvalue weighted by molar-refractivity contribution is 6.03. The molecule has 4 aromatic rings. The fourth-order valence-electron chi connectivity index (χ4n) is 3.32. The lowest BCUT2D eigenvalue weighted by Gasteiger charge is -2.07. The summed E-state index contributed by atoms with van der Waals surface area (Å²) in [5.41, 5.74) is 2.58. The van der Waals surface area contributed by atoms with Crippen molar-refractivity contribution in [2.75, 3.05) is 7.11 Å². The molecule has 0 aliphatic carbocycles. The highest BCUT2D eigenvalue weighted by Gasteiger charge is 2.21. The Labute approximate surface area is 150 Å². The standard InChI is InChI=1S/C22H17NO3/c1-26-22(25)18-13-19-17-10-6-5-7-15(17)11-12-23(19)20(18)14-21(24)16-8-3-2-4-9-16/h2-13H,14H2,1H3. The number of carbonyl (C=O) groups is 2. The number of rotatable bonds is 4. The van der Waals surface area contributed by atoms with Gasteiger partial charge in [-0.25, -0.2) is 4.79 Å². The third-order valence-corrected chi connectivity index (χ3v) is 4.61. The van der Waals surface area contributed by atoms with E-state index in [1.54, 1.807) is 12.1 Å². The predicted molar refractivity (Wildman–Crippen MR) is 101 cm³/mol. The zero-order chi connectivity index (χ0) is 18.1. The van der Waals surface area contributed by atoms with Gasteiger partial charge < -0.3 is 9.14 Å². The van der Waals surface area contributed by atoms with Gasteiger partial charge in [0.05, 0.1) is 24.6 Å². The molecule has 0 aliphatic rings. The average molecular weight is 343 g/mol. The molecule has 0 aliphatic heterocycles. The normalized spacial score (nSPS) is 11.0. The molecule has 4 heteroatoms. The number of methoxy groups -OCH3 is 1. The van der Waals surface area contributed by atoms with Gasteiger partial charge in [-0.1, -0.05) is 54.6 Å². The molecule has 0 N–H and O–H groups in total. The Balaban J connectivity index is 1.90.